The Kier molecular flexibility index (Phi) is 5.14. The molecule has 0 aliphatic heterocycles. The minimum atomic E-state index is -0.322. The first kappa shape index (κ1) is 15.3. The van der Waals surface area contributed by atoms with Gasteiger partial charge in [-0.2, -0.15) is 0 Å². The molecule has 3 heteroatoms. The molecular weight excluding hydrogens is 240 g/mol. The van der Waals surface area contributed by atoms with Gasteiger partial charge in [-0.15, -0.1) is 0 Å². The number of hydrogen-bond acceptors (Lipinski definition) is 3. The molecule has 1 rings (SSSR count). The minimum absolute atomic E-state index is 0.191. The summed E-state index contributed by atoms with van der Waals surface area (Å²) >= 11 is 0. The number of hydrogen-bond donors (Lipinski definition) is 0. The third-order valence-electron chi connectivity index (χ3n) is 2.68. The zero-order valence-corrected chi connectivity index (χ0v) is 12.2. The lowest BCUT2D eigenvalue weighted by Crippen LogP contribution is -2.15. The lowest BCUT2D eigenvalue weighted by molar-refractivity contribution is 0.0600. The van der Waals surface area contributed by atoms with Crippen LogP contribution in [-0.2, 0) is 9.47 Å². The van der Waals surface area contributed by atoms with Crippen molar-refractivity contribution in [3.8, 4) is 11.8 Å². The van der Waals surface area contributed by atoms with Crippen LogP contribution in [0.25, 0.3) is 0 Å². The van der Waals surface area contributed by atoms with Gasteiger partial charge in [0, 0.05) is 18.1 Å². The van der Waals surface area contributed by atoms with Gasteiger partial charge in [-0.1, -0.05) is 11.8 Å². The SMILES string of the molecule is COCC(C)(C)C#Cc1ccc(C(=O)OC)c(C)c1. The summed E-state index contributed by atoms with van der Waals surface area (Å²) in [6.45, 7) is 6.51. The topological polar surface area (TPSA) is 35.5 Å². The smallest absolute Gasteiger partial charge is 0.338 e. The summed E-state index contributed by atoms with van der Waals surface area (Å²) in [7, 11) is 3.04. The summed E-state index contributed by atoms with van der Waals surface area (Å²) in [5.41, 5.74) is 2.13. The molecule has 0 fully saturated rings. The van der Waals surface area contributed by atoms with Crippen molar-refractivity contribution >= 4 is 5.97 Å². The largest absolute Gasteiger partial charge is 0.465 e. The highest BCUT2D eigenvalue weighted by Gasteiger charge is 2.13. The van der Waals surface area contributed by atoms with Gasteiger partial charge in [0.05, 0.1) is 19.3 Å². The number of benzene rings is 1. The average molecular weight is 260 g/mol. The summed E-state index contributed by atoms with van der Waals surface area (Å²) in [5, 5.41) is 0. The first-order valence-corrected chi connectivity index (χ1v) is 6.11. The quantitative estimate of drug-likeness (QED) is 0.619. The molecule has 1 aromatic rings. The fourth-order valence-electron chi connectivity index (χ4n) is 1.72. The molecule has 0 N–H and O–H groups in total. The molecule has 0 spiro atoms. The van der Waals surface area contributed by atoms with Gasteiger partial charge < -0.3 is 9.47 Å². The first-order valence-electron chi connectivity index (χ1n) is 6.11. The third-order valence-corrected chi connectivity index (χ3v) is 2.68. The normalized spacial score (nSPS) is 10.6. The Morgan fingerprint density at radius 2 is 2.00 bits per heavy atom. The molecule has 1 aromatic carbocycles. The van der Waals surface area contributed by atoms with Crippen LogP contribution in [0, 0.1) is 24.2 Å². The lowest BCUT2D eigenvalue weighted by Gasteiger charge is -2.15. The maximum Gasteiger partial charge on any atom is 0.338 e. The number of rotatable bonds is 3. The predicted molar refractivity (Wildman–Crippen MR) is 75.1 cm³/mol. The van der Waals surface area contributed by atoms with Crippen molar-refractivity contribution in [1.29, 1.82) is 0 Å². The van der Waals surface area contributed by atoms with Gasteiger partial charge in [0.25, 0.3) is 0 Å². The van der Waals surface area contributed by atoms with Gasteiger partial charge in [-0.05, 0) is 44.5 Å². The Labute approximate surface area is 114 Å². The van der Waals surface area contributed by atoms with Crippen molar-refractivity contribution in [2.24, 2.45) is 5.41 Å². The molecule has 0 radical (unpaired) electrons. The van der Waals surface area contributed by atoms with Crippen molar-refractivity contribution in [2.75, 3.05) is 20.8 Å². The second kappa shape index (κ2) is 6.40. The van der Waals surface area contributed by atoms with E-state index in [1.54, 1.807) is 13.2 Å². The van der Waals surface area contributed by atoms with Crippen molar-refractivity contribution in [3.05, 3.63) is 34.9 Å². The Hall–Kier alpha value is -1.79. The van der Waals surface area contributed by atoms with E-state index in [0.717, 1.165) is 11.1 Å². The molecule has 0 amide bonds. The van der Waals surface area contributed by atoms with E-state index in [9.17, 15) is 4.79 Å². The number of carbonyl (C=O) groups excluding carboxylic acids is 1. The molecule has 102 valence electrons. The van der Waals surface area contributed by atoms with Gasteiger partial charge in [0.15, 0.2) is 0 Å². The predicted octanol–water partition coefficient (Wildman–Crippen LogP) is 2.81. The van der Waals surface area contributed by atoms with E-state index >= 15 is 0 Å². The number of methoxy groups -OCH3 is 2. The summed E-state index contributed by atoms with van der Waals surface area (Å²) < 4.78 is 9.83. The van der Waals surface area contributed by atoms with Crippen LogP contribution in [0.15, 0.2) is 18.2 Å². The van der Waals surface area contributed by atoms with E-state index in [2.05, 4.69) is 11.8 Å². The summed E-state index contributed by atoms with van der Waals surface area (Å²) in [5.74, 6) is 5.97. The molecule has 3 nitrogen and oxygen atoms in total. The van der Waals surface area contributed by atoms with Gasteiger partial charge >= 0.3 is 5.97 Å². The molecule has 19 heavy (non-hydrogen) atoms. The third kappa shape index (κ3) is 4.42. The Morgan fingerprint density at radius 1 is 1.32 bits per heavy atom. The zero-order valence-electron chi connectivity index (χ0n) is 12.2. The highest BCUT2D eigenvalue weighted by molar-refractivity contribution is 5.91. The van der Waals surface area contributed by atoms with Gasteiger partial charge in [-0.25, -0.2) is 4.79 Å². The van der Waals surface area contributed by atoms with Crippen molar-refractivity contribution < 1.29 is 14.3 Å². The first-order chi connectivity index (χ1) is 8.89. The molecule has 0 aliphatic rings. The molecule has 0 unspecified atom stereocenters. The van der Waals surface area contributed by atoms with E-state index in [1.165, 1.54) is 7.11 Å². The molecule has 0 aromatic heterocycles. The van der Waals surface area contributed by atoms with Crippen molar-refractivity contribution in [1.82, 2.24) is 0 Å². The number of aryl methyl sites for hydroxylation is 1. The Balaban J connectivity index is 2.97. The van der Waals surface area contributed by atoms with E-state index in [1.807, 2.05) is 32.9 Å². The van der Waals surface area contributed by atoms with Crippen molar-refractivity contribution in [3.63, 3.8) is 0 Å². The van der Waals surface area contributed by atoms with Crippen LogP contribution in [0.5, 0.6) is 0 Å². The second-order valence-electron chi connectivity index (χ2n) is 5.09. The fraction of sp³-hybridized carbons (Fsp3) is 0.438. The van der Waals surface area contributed by atoms with Gasteiger partial charge in [0.2, 0.25) is 0 Å². The molecule has 0 saturated heterocycles. The molecule has 0 heterocycles. The van der Waals surface area contributed by atoms with Crippen LogP contribution in [0.4, 0.5) is 0 Å². The van der Waals surface area contributed by atoms with E-state index < -0.39 is 0 Å². The van der Waals surface area contributed by atoms with Gasteiger partial charge in [0.1, 0.15) is 0 Å². The summed E-state index contributed by atoms with van der Waals surface area (Å²) in [6.07, 6.45) is 0. The number of ether oxygens (including phenoxy) is 2. The van der Waals surface area contributed by atoms with E-state index in [4.69, 9.17) is 9.47 Å². The summed E-state index contributed by atoms with van der Waals surface area (Å²) in [4.78, 5) is 11.5. The van der Waals surface area contributed by atoms with Gasteiger partial charge in [-0.3, -0.25) is 0 Å². The molecule has 0 bridgehead atoms. The highest BCUT2D eigenvalue weighted by atomic mass is 16.5. The minimum Gasteiger partial charge on any atom is -0.465 e. The Bertz CT molecular complexity index is 519. The molecule has 0 atom stereocenters. The highest BCUT2D eigenvalue weighted by Crippen LogP contribution is 2.15. The maximum absolute atomic E-state index is 11.5. The van der Waals surface area contributed by atoms with Crippen LogP contribution in [0.2, 0.25) is 0 Å². The van der Waals surface area contributed by atoms with Crippen LogP contribution in [-0.4, -0.2) is 26.8 Å². The average Bonchev–Trinajstić information content (AvgIpc) is 2.36. The molecular formula is C16H20O3. The lowest BCUT2D eigenvalue weighted by atomic mass is 9.95. The summed E-state index contributed by atoms with van der Waals surface area (Å²) in [6, 6.07) is 5.46. The molecule has 0 saturated carbocycles. The van der Waals surface area contributed by atoms with Crippen molar-refractivity contribution in [2.45, 2.75) is 20.8 Å². The maximum atomic E-state index is 11.5. The Morgan fingerprint density at radius 3 is 2.53 bits per heavy atom. The zero-order chi connectivity index (χ0) is 14.5. The standard InChI is InChI=1S/C16H20O3/c1-12-10-13(6-7-14(12)15(17)19-5)8-9-16(2,3)11-18-4/h6-7,10H,11H2,1-5H3. The van der Waals surface area contributed by atoms with E-state index in [0.29, 0.717) is 12.2 Å². The molecule has 0 aliphatic carbocycles. The van der Waals surface area contributed by atoms with Crippen LogP contribution >= 0.6 is 0 Å². The van der Waals surface area contributed by atoms with Crippen LogP contribution in [0.1, 0.15) is 35.3 Å². The van der Waals surface area contributed by atoms with Crippen LogP contribution in [0.3, 0.4) is 0 Å². The second-order valence-corrected chi connectivity index (χ2v) is 5.09. The van der Waals surface area contributed by atoms with E-state index in [-0.39, 0.29) is 11.4 Å². The van der Waals surface area contributed by atoms with Crippen LogP contribution < -0.4 is 0 Å². The number of carbonyl (C=O) groups is 1. The monoisotopic (exact) mass is 260 g/mol. The number of esters is 1. The fourth-order valence-corrected chi connectivity index (χ4v) is 1.72.